The van der Waals surface area contributed by atoms with E-state index in [-0.39, 0.29) is 12.0 Å². The van der Waals surface area contributed by atoms with Crippen molar-refractivity contribution in [2.45, 2.75) is 25.4 Å². The summed E-state index contributed by atoms with van der Waals surface area (Å²) in [6, 6.07) is 0. The number of nitrogens with two attached hydrogens (primary N) is 1. The van der Waals surface area contributed by atoms with E-state index < -0.39 is 0 Å². The third kappa shape index (κ3) is 2.58. The molecule has 0 aromatic carbocycles. The molecule has 0 amide bonds. The number of aromatic nitrogens is 2. The number of nitrogens with one attached hydrogen (secondary N) is 1. The summed E-state index contributed by atoms with van der Waals surface area (Å²) < 4.78 is 5.14. The van der Waals surface area contributed by atoms with Gasteiger partial charge in [0.25, 0.3) is 0 Å². The van der Waals surface area contributed by atoms with Crippen molar-refractivity contribution < 1.29 is 9.84 Å². The van der Waals surface area contributed by atoms with E-state index >= 15 is 0 Å². The van der Waals surface area contributed by atoms with Crippen LogP contribution < -0.4 is 15.8 Å². The molecule has 1 aliphatic carbocycles. The molecule has 0 saturated heterocycles. The number of anilines is 2. The summed E-state index contributed by atoms with van der Waals surface area (Å²) in [5, 5.41) is 12.9. The van der Waals surface area contributed by atoms with Gasteiger partial charge in [0.05, 0.1) is 13.2 Å². The molecule has 0 spiro atoms. The normalized spacial score (nSPS) is 23.6. The molecular weight excluding hydrogens is 220 g/mol. The lowest BCUT2D eigenvalue weighted by molar-refractivity contribution is 0.138. The van der Waals surface area contributed by atoms with Crippen molar-refractivity contribution in [3.8, 4) is 5.75 Å². The van der Waals surface area contributed by atoms with Crippen molar-refractivity contribution in [1.29, 1.82) is 0 Å². The van der Waals surface area contributed by atoms with Crippen LogP contribution in [0.1, 0.15) is 19.3 Å². The predicted octanol–water partition coefficient (Wildman–Crippen LogP) is 0.640. The first-order chi connectivity index (χ1) is 8.22. The van der Waals surface area contributed by atoms with Crippen LogP contribution in [0.2, 0.25) is 0 Å². The average molecular weight is 238 g/mol. The van der Waals surface area contributed by atoms with E-state index in [0.717, 1.165) is 19.3 Å². The van der Waals surface area contributed by atoms with Crippen LogP contribution in [-0.4, -0.2) is 34.8 Å². The van der Waals surface area contributed by atoms with Crippen molar-refractivity contribution in [2.75, 3.05) is 24.7 Å². The first-order valence-electron chi connectivity index (χ1n) is 5.78. The summed E-state index contributed by atoms with van der Waals surface area (Å²) in [6.45, 7) is 0.675. The fourth-order valence-corrected chi connectivity index (χ4v) is 2.20. The first-order valence-corrected chi connectivity index (χ1v) is 5.78. The van der Waals surface area contributed by atoms with Crippen molar-refractivity contribution in [3.05, 3.63) is 6.33 Å². The van der Waals surface area contributed by atoms with Crippen molar-refractivity contribution in [1.82, 2.24) is 9.97 Å². The highest BCUT2D eigenvalue weighted by molar-refractivity contribution is 5.61. The van der Waals surface area contributed by atoms with Crippen molar-refractivity contribution in [2.24, 2.45) is 5.92 Å². The van der Waals surface area contributed by atoms with Gasteiger partial charge in [0.2, 0.25) is 5.75 Å². The van der Waals surface area contributed by atoms with Gasteiger partial charge in [-0.2, -0.15) is 0 Å². The number of hydrogen-bond donors (Lipinski definition) is 3. The number of nitrogens with zero attached hydrogens (tertiary/aromatic N) is 2. The molecule has 1 saturated carbocycles. The minimum atomic E-state index is -0.215. The molecule has 94 valence electrons. The van der Waals surface area contributed by atoms with Gasteiger partial charge in [-0.15, -0.1) is 0 Å². The second-order valence-electron chi connectivity index (χ2n) is 4.28. The van der Waals surface area contributed by atoms with E-state index in [0.29, 0.717) is 23.9 Å². The molecule has 17 heavy (non-hydrogen) atoms. The van der Waals surface area contributed by atoms with Crippen LogP contribution in [0.4, 0.5) is 11.6 Å². The largest absolute Gasteiger partial charge is 0.490 e. The zero-order chi connectivity index (χ0) is 12.3. The molecule has 0 radical (unpaired) electrons. The fraction of sp³-hybridized carbons (Fsp3) is 0.636. The molecule has 2 rings (SSSR count). The van der Waals surface area contributed by atoms with Gasteiger partial charge in [-0.25, -0.2) is 9.97 Å². The van der Waals surface area contributed by atoms with Gasteiger partial charge in [-0.3, -0.25) is 0 Å². The second-order valence-corrected chi connectivity index (χ2v) is 4.28. The van der Waals surface area contributed by atoms with Gasteiger partial charge < -0.3 is 20.9 Å². The van der Waals surface area contributed by atoms with Crippen LogP contribution >= 0.6 is 0 Å². The lowest BCUT2D eigenvalue weighted by Crippen LogP contribution is -2.22. The van der Waals surface area contributed by atoms with Crippen LogP contribution in [-0.2, 0) is 0 Å². The van der Waals surface area contributed by atoms with Gasteiger partial charge in [0.15, 0.2) is 11.6 Å². The number of nitrogen functional groups attached to an aromatic ring is 1. The Kier molecular flexibility index (Phi) is 3.63. The fourth-order valence-electron chi connectivity index (χ4n) is 2.20. The Hall–Kier alpha value is -1.56. The van der Waals surface area contributed by atoms with Crippen LogP contribution in [0, 0.1) is 5.92 Å². The summed E-state index contributed by atoms with van der Waals surface area (Å²) in [5.41, 5.74) is 5.68. The van der Waals surface area contributed by atoms with E-state index in [1.54, 1.807) is 0 Å². The molecule has 6 heteroatoms. The van der Waals surface area contributed by atoms with Gasteiger partial charge in [-0.05, 0) is 12.8 Å². The summed E-state index contributed by atoms with van der Waals surface area (Å²) in [6.07, 6.45) is 4.18. The standard InChI is InChI=1S/C11H18N4O2/c1-17-9-10(12)14-6-15-11(9)13-5-7-3-2-4-8(7)16/h6-8,16H,2-5H2,1H3,(H3,12,13,14,15). The zero-order valence-corrected chi connectivity index (χ0v) is 9.89. The molecule has 1 fully saturated rings. The Labute approximate surface area is 100 Å². The van der Waals surface area contributed by atoms with Crippen molar-refractivity contribution in [3.63, 3.8) is 0 Å². The zero-order valence-electron chi connectivity index (χ0n) is 9.89. The summed E-state index contributed by atoms with van der Waals surface area (Å²) >= 11 is 0. The molecule has 6 nitrogen and oxygen atoms in total. The maximum Gasteiger partial charge on any atom is 0.203 e. The molecule has 1 heterocycles. The Morgan fingerprint density at radius 2 is 2.35 bits per heavy atom. The quantitative estimate of drug-likeness (QED) is 0.712. The second kappa shape index (κ2) is 5.18. The Morgan fingerprint density at radius 1 is 1.53 bits per heavy atom. The molecule has 4 N–H and O–H groups in total. The molecular formula is C11H18N4O2. The van der Waals surface area contributed by atoms with E-state index in [2.05, 4.69) is 15.3 Å². The summed E-state index contributed by atoms with van der Waals surface area (Å²) in [4.78, 5) is 7.95. The average Bonchev–Trinajstić information content (AvgIpc) is 2.72. The number of rotatable bonds is 4. The van der Waals surface area contributed by atoms with E-state index in [4.69, 9.17) is 10.5 Å². The summed E-state index contributed by atoms with van der Waals surface area (Å²) in [7, 11) is 1.53. The van der Waals surface area contributed by atoms with Gasteiger partial charge in [0, 0.05) is 12.5 Å². The molecule has 1 aromatic rings. The molecule has 2 unspecified atom stereocenters. The number of methoxy groups -OCH3 is 1. The van der Waals surface area contributed by atoms with Crippen molar-refractivity contribution >= 4 is 11.6 Å². The van der Waals surface area contributed by atoms with Crippen LogP contribution in [0.5, 0.6) is 5.75 Å². The smallest absolute Gasteiger partial charge is 0.203 e. The number of ether oxygens (including phenoxy) is 1. The van der Waals surface area contributed by atoms with Gasteiger partial charge >= 0.3 is 0 Å². The van der Waals surface area contributed by atoms with E-state index in [9.17, 15) is 5.11 Å². The third-order valence-electron chi connectivity index (χ3n) is 3.19. The number of hydrogen-bond acceptors (Lipinski definition) is 6. The van der Waals surface area contributed by atoms with Crippen LogP contribution in [0.3, 0.4) is 0 Å². The molecule has 0 bridgehead atoms. The minimum Gasteiger partial charge on any atom is -0.490 e. The van der Waals surface area contributed by atoms with E-state index in [1.165, 1.54) is 13.4 Å². The Morgan fingerprint density at radius 3 is 3.00 bits per heavy atom. The summed E-state index contributed by atoms with van der Waals surface area (Å²) in [5.74, 6) is 1.63. The minimum absolute atomic E-state index is 0.215. The number of aliphatic hydroxyl groups excluding tert-OH is 1. The van der Waals surface area contributed by atoms with Gasteiger partial charge in [-0.1, -0.05) is 6.42 Å². The van der Waals surface area contributed by atoms with Crippen LogP contribution in [0.25, 0.3) is 0 Å². The SMILES string of the molecule is COc1c(N)ncnc1NCC1CCCC1O. The lowest BCUT2D eigenvalue weighted by Gasteiger charge is -2.16. The number of aliphatic hydroxyl groups is 1. The maximum absolute atomic E-state index is 9.72. The molecule has 0 aliphatic heterocycles. The highest BCUT2D eigenvalue weighted by atomic mass is 16.5. The highest BCUT2D eigenvalue weighted by Gasteiger charge is 2.25. The third-order valence-corrected chi connectivity index (χ3v) is 3.19. The predicted molar refractivity (Wildman–Crippen MR) is 64.8 cm³/mol. The molecule has 1 aliphatic rings. The maximum atomic E-state index is 9.72. The first kappa shape index (κ1) is 11.9. The topological polar surface area (TPSA) is 93.3 Å². The highest BCUT2D eigenvalue weighted by Crippen LogP contribution is 2.29. The Balaban J connectivity index is 2.01. The van der Waals surface area contributed by atoms with E-state index in [1.807, 2.05) is 0 Å². The molecule has 1 aromatic heterocycles. The molecule has 2 atom stereocenters. The van der Waals surface area contributed by atoms with Gasteiger partial charge in [0.1, 0.15) is 6.33 Å². The monoisotopic (exact) mass is 238 g/mol. The Bertz CT molecular complexity index is 386. The lowest BCUT2D eigenvalue weighted by atomic mass is 10.1. The van der Waals surface area contributed by atoms with Crippen LogP contribution in [0.15, 0.2) is 6.33 Å².